The average Bonchev–Trinajstić information content (AvgIpc) is 4.12. The lowest BCUT2D eigenvalue weighted by molar-refractivity contribution is -0.138. The molecule has 2 aromatic carbocycles. The van der Waals surface area contributed by atoms with Crippen LogP contribution in [0.15, 0.2) is 97.3 Å². The molecule has 6 heterocycles. The summed E-state index contributed by atoms with van der Waals surface area (Å²) in [5.41, 5.74) is 4.43. The third-order valence-corrected chi connectivity index (χ3v) is 11.1. The van der Waals surface area contributed by atoms with Gasteiger partial charge in [-0.1, -0.05) is 60.7 Å². The van der Waals surface area contributed by atoms with Crippen LogP contribution in [0.3, 0.4) is 0 Å². The Bertz CT molecular complexity index is 2300. The summed E-state index contributed by atoms with van der Waals surface area (Å²) in [4.78, 5) is 73.0. The molecule has 2 aliphatic rings. The van der Waals surface area contributed by atoms with Gasteiger partial charge in [-0.15, -0.1) is 20.4 Å². The highest BCUT2D eigenvalue weighted by Gasteiger charge is 2.40. The quantitative estimate of drug-likeness (QED) is 0.123. The second kappa shape index (κ2) is 16.8. The van der Waals surface area contributed by atoms with Crippen molar-refractivity contribution in [1.29, 1.82) is 0 Å². The summed E-state index contributed by atoms with van der Waals surface area (Å²) < 4.78 is 0. The van der Waals surface area contributed by atoms with Gasteiger partial charge in [-0.2, -0.15) is 0 Å². The number of carbonyl (C=O) groups is 4. The topological polar surface area (TPSA) is 231 Å². The Labute approximate surface area is 343 Å². The van der Waals surface area contributed by atoms with E-state index in [1.165, 1.54) is 14.1 Å². The third kappa shape index (κ3) is 7.73. The number of amides is 4. The number of aromatic nitrogens is 8. The number of benzene rings is 2. The summed E-state index contributed by atoms with van der Waals surface area (Å²) in [6.07, 6.45) is 3.69. The SMILES string of the molecule is CN(C(=O)O)[C@@H](C(=O)N1CCC[C@H]1c1ncc(-c2ccc(-c3ccc(-c4cnc([C@@H]5CCCN5C(=O)[C@@H](c5ccccc5)N(C)C(=O)O)[nH]4)nn3)nn2)[nH]1)c1ccccc1. The van der Waals surface area contributed by atoms with Crippen molar-refractivity contribution in [2.24, 2.45) is 0 Å². The number of carboxylic acid groups (broad SMARTS) is 2. The maximum Gasteiger partial charge on any atom is 0.407 e. The highest BCUT2D eigenvalue weighted by atomic mass is 16.4. The van der Waals surface area contributed by atoms with Gasteiger partial charge < -0.3 is 30.0 Å². The van der Waals surface area contributed by atoms with Gasteiger partial charge in [0.2, 0.25) is 0 Å². The molecule has 8 rings (SSSR count). The third-order valence-electron chi connectivity index (χ3n) is 11.1. The molecule has 0 unspecified atom stereocenters. The number of H-pyrrole nitrogens is 2. The Morgan fingerprint density at radius 3 is 1.30 bits per heavy atom. The molecule has 0 spiro atoms. The molecule has 2 aliphatic heterocycles. The van der Waals surface area contributed by atoms with Crippen LogP contribution in [0, 0.1) is 0 Å². The Balaban J connectivity index is 0.938. The van der Waals surface area contributed by atoms with E-state index in [-0.39, 0.29) is 23.9 Å². The lowest BCUT2D eigenvalue weighted by Crippen LogP contribution is -2.43. The molecule has 18 heteroatoms. The first-order valence-corrected chi connectivity index (χ1v) is 19.5. The number of rotatable bonds is 11. The Morgan fingerprint density at radius 2 is 0.950 bits per heavy atom. The van der Waals surface area contributed by atoms with E-state index in [2.05, 4.69) is 40.3 Å². The maximum absolute atomic E-state index is 13.9. The van der Waals surface area contributed by atoms with Crippen LogP contribution in [0.1, 0.15) is 72.6 Å². The zero-order valence-electron chi connectivity index (χ0n) is 32.8. The second-order valence-corrected chi connectivity index (χ2v) is 14.8. The van der Waals surface area contributed by atoms with Gasteiger partial charge in [0.05, 0.1) is 35.9 Å². The molecule has 2 fully saturated rings. The summed E-state index contributed by atoms with van der Waals surface area (Å²) in [7, 11) is 2.80. The first-order valence-electron chi connectivity index (χ1n) is 19.5. The van der Waals surface area contributed by atoms with Gasteiger partial charge in [0, 0.05) is 27.2 Å². The van der Waals surface area contributed by atoms with Crippen molar-refractivity contribution < 1.29 is 29.4 Å². The van der Waals surface area contributed by atoms with E-state index >= 15 is 0 Å². The highest BCUT2D eigenvalue weighted by molar-refractivity contribution is 5.88. The van der Waals surface area contributed by atoms with Crippen LogP contribution in [0.4, 0.5) is 9.59 Å². The van der Waals surface area contributed by atoms with Crippen LogP contribution < -0.4 is 0 Å². The van der Waals surface area contributed by atoms with Crippen LogP contribution >= 0.6 is 0 Å². The van der Waals surface area contributed by atoms with Gasteiger partial charge in [-0.3, -0.25) is 19.4 Å². The predicted molar refractivity (Wildman–Crippen MR) is 216 cm³/mol. The van der Waals surface area contributed by atoms with Gasteiger partial charge in [0.1, 0.15) is 46.5 Å². The zero-order chi connectivity index (χ0) is 41.9. The fraction of sp³-hybridized carbons (Fsp3) is 0.286. The van der Waals surface area contributed by atoms with Crippen LogP contribution in [-0.2, 0) is 9.59 Å². The molecule has 306 valence electrons. The monoisotopic (exact) mass is 810 g/mol. The van der Waals surface area contributed by atoms with E-state index in [1.807, 2.05) is 12.1 Å². The summed E-state index contributed by atoms with van der Waals surface area (Å²) in [5, 5.41) is 37.1. The molecule has 60 heavy (non-hydrogen) atoms. The van der Waals surface area contributed by atoms with Gasteiger partial charge >= 0.3 is 12.2 Å². The minimum Gasteiger partial charge on any atom is -0.465 e. The van der Waals surface area contributed by atoms with E-state index in [1.54, 1.807) is 95.0 Å². The number of likely N-dealkylation sites (tertiary alicyclic amines) is 2. The fourth-order valence-corrected chi connectivity index (χ4v) is 8.00. The van der Waals surface area contributed by atoms with Crippen molar-refractivity contribution in [2.75, 3.05) is 27.2 Å². The van der Waals surface area contributed by atoms with Crippen LogP contribution in [0.2, 0.25) is 0 Å². The van der Waals surface area contributed by atoms with Gasteiger partial charge in [-0.25, -0.2) is 19.6 Å². The van der Waals surface area contributed by atoms with Gasteiger partial charge in [-0.05, 0) is 61.1 Å². The molecule has 0 bridgehead atoms. The molecule has 4 atom stereocenters. The first-order chi connectivity index (χ1) is 29.1. The number of nitrogens with zero attached hydrogens (tertiary/aromatic N) is 10. The number of nitrogens with one attached hydrogen (secondary N) is 2. The minimum atomic E-state index is -1.20. The lowest BCUT2D eigenvalue weighted by Gasteiger charge is -2.32. The Morgan fingerprint density at radius 1 is 0.583 bits per heavy atom. The summed E-state index contributed by atoms with van der Waals surface area (Å²) >= 11 is 0. The van der Waals surface area contributed by atoms with Gasteiger partial charge in [0.25, 0.3) is 11.8 Å². The Hall–Kier alpha value is -7.50. The number of imidazole rings is 2. The molecule has 4 N–H and O–H groups in total. The lowest BCUT2D eigenvalue weighted by atomic mass is 10.0. The molecule has 0 aliphatic carbocycles. The standard InChI is InChI=1S/C42H42N12O6/c1-51(41(57)58)35(25-11-5-3-6-12-25)39(55)53-21-9-15-33(53)37-43-23-31(45-37)29-19-17-27(47-49-29)28-18-20-30(50-48-28)32-24-44-38(46-32)34-16-10-22-54(34)40(56)36(52(2)42(59)60)26-13-7-4-8-14-26/h3-8,11-14,17-20,23-24,33-36H,9-10,15-16,21-22H2,1-2H3,(H,43,45)(H,44,46)(H,57,58)(H,59,60)/t33-,34-,35+,36+/m0/s1. The van der Waals surface area contributed by atoms with Crippen LogP contribution in [0.25, 0.3) is 34.2 Å². The van der Waals surface area contributed by atoms with E-state index < -0.39 is 24.3 Å². The van der Waals surface area contributed by atoms with Crippen molar-refractivity contribution in [3.05, 3.63) is 120 Å². The van der Waals surface area contributed by atoms with E-state index in [0.29, 0.717) is 82.9 Å². The number of carbonyl (C=O) groups excluding carboxylic acids is 2. The highest BCUT2D eigenvalue weighted by Crippen LogP contribution is 2.37. The van der Waals surface area contributed by atoms with Crippen molar-refractivity contribution in [1.82, 2.24) is 59.9 Å². The number of likely N-dealkylation sites (N-methyl/N-ethyl adjacent to an activating group) is 2. The summed E-state index contributed by atoms with van der Waals surface area (Å²) in [5.74, 6) is 0.514. The normalized spacial score (nSPS) is 17.3. The van der Waals surface area contributed by atoms with Crippen molar-refractivity contribution in [3.63, 3.8) is 0 Å². The van der Waals surface area contributed by atoms with E-state index in [9.17, 15) is 29.4 Å². The number of aromatic amines is 2. The maximum atomic E-state index is 13.9. The summed E-state index contributed by atoms with van der Waals surface area (Å²) in [6.45, 7) is 0.937. The molecule has 0 radical (unpaired) electrons. The van der Waals surface area contributed by atoms with Crippen molar-refractivity contribution in [2.45, 2.75) is 49.9 Å². The fourth-order valence-electron chi connectivity index (χ4n) is 8.00. The molecule has 4 aromatic heterocycles. The van der Waals surface area contributed by atoms with Crippen LogP contribution in [0.5, 0.6) is 0 Å². The summed E-state index contributed by atoms with van der Waals surface area (Å²) in [6, 6.07) is 22.1. The molecular weight excluding hydrogens is 769 g/mol. The Kier molecular flexibility index (Phi) is 11.0. The number of hydrogen-bond donors (Lipinski definition) is 4. The molecule has 18 nitrogen and oxygen atoms in total. The largest absolute Gasteiger partial charge is 0.465 e. The second-order valence-electron chi connectivity index (χ2n) is 14.8. The minimum absolute atomic E-state index is 0.317. The van der Waals surface area contributed by atoms with Gasteiger partial charge in [0.15, 0.2) is 0 Å². The average molecular weight is 811 g/mol. The zero-order valence-corrected chi connectivity index (χ0v) is 32.8. The van der Waals surface area contributed by atoms with Crippen molar-refractivity contribution in [3.8, 4) is 34.2 Å². The van der Waals surface area contributed by atoms with E-state index in [4.69, 9.17) is 0 Å². The first kappa shape index (κ1) is 39.3. The molecule has 2 saturated heterocycles. The number of hydrogen-bond acceptors (Lipinski definition) is 10. The molecule has 4 amide bonds. The smallest absolute Gasteiger partial charge is 0.407 e. The molecular formula is C42H42N12O6. The van der Waals surface area contributed by atoms with Crippen LogP contribution in [-0.4, -0.2) is 121 Å². The molecule has 6 aromatic rings. The van der Waals surface area contributed by atoms with E-state index in [0.717, 1.165) is 22.6 Å². The predicted octanol–water partition coefficient (Wildman–Crippen LogP) is 5.74. The van der Waals surface area contributed by atoms with Crippen molar-refractivity contribution >= 4 is 24.0 Å². The molecule has 0 saturated carbocycles.